The Morgan fingerprint density at radius 1 is 1.29 bits per heavy atom. The van der Waals surface area contributed by atoms with Crippen molar-refractivity contribution in [3.8, 4) is 11.8 Å². The molecule has 4 rings (SSSR count). The van der Waals surface area contributed by atoms with E-state index in [1.54, 1.807) is 18.2 Å². The summed E-state index contributed by atoms with van der Waals surface area (Å²) in [7, 11) is 2.04. The summed E-state index contributed by atoms with van der Waals surface area (Å²) in [5.74, 6) is 3.97. The zero-order valence-corrected chi connectivity index (χ0v) is 19.4. The van der Waals surface area contributed by atoms with Crippen molar-refractivity contribution >= 4 is 45.6 Å². The maximum Gasteiger partial charge on any atom is 0.283 e. The first-order valence-corrected chi connectivity index (χ1v) is 10.9. The number of anilines is 3. The van der Waals surface area contributed by atoms with Gasteiger partial charge in [0.25, 0.3) is 5.91 Å². The number of amides is 1. The Labute approximate surface area is 201 Å². The van der Waals surface area contributed by atoms with Crippen LogP contribution in [-0.2, 0) is 4.79 Å². The first-order valence-electron chi connectivity index (χ1n) is 10.5. The molecular formula is C25H22ClF2N5O. The summed E-state index contributed by atoms with van der Waals surface area (Å²) in [5, 5.41) is 5.85. The van der Waals surface area contributed by atoms with E-state index in [0.717, 1.165) is 19.5 Å². The van der Waals surface area contributed by atoms with Crippen LogP contribution in [0.5, 0.6) is 0 Å². The standard InChI is InChI=1S/C25H22ClF2N5O/c1-15(27)24(34)32-20-12-17-21(11-16(20)7-8-25(2)9-10-33(3)13-25)29-14-30-23(17)31-19-6-4-5-18(26)22(19)28/h4-6,11-12,14H,1,9-10,13H2,2-3H3,(H,32,34)(H,29,30,31). The number of nitrogens with zero attached hydrogens (tertiary/aromatic N) is 3. The molecule has 9 heteroatoms. The molecule has 1 saturated heterocycles. The van der Waals surface area contributed by atoms with E-state index in [1.807, 2.05) is 7.05 Å². The van der Waals surface area contributed by atoms with Crippen molar-refractivity contribution in [3.63, 3.8) is 0 Å². The van der Waals surface area contributed by atoms with E-state index < -0.39 is 17.6 Å². The third-order valence-corrected chi connectivity index (χ3v) is 5.93. The molecule has 0 radical (unpaired) electrons. The predicted molar refractivity (Wildman–Crippen MR) is 130 cm³/mol. The molecule has 1 atom stereocenters. The van der Waals surface area contributed by atoms with Crippen molar-refractivity contribution in [2.24, 2.45) is 5.41 Å². The highest BCUT2D eigenvalue weighted by Gasteiger charge is 2.30. The van der Waals surface area contributed by atoms with Crippen molar-refractivity contribution in [2.45, 2.75) is 13.3 Å². The van der Waals surface area contributed by atoms with Crippen molar-refractivity contribution < 1.29 is 13.6 Å². The smallest absolute Gasteiger partial charge is 0.283 e. The van der Waals surface area contributed by atoms with Gasteiger partial charge in [-0.05, 0) is 51.2 Å². The third-order valence-electron chi connectivity index (χ3n) is 5.64. The summed E-state index contributed by atoms with van der Waals surface area (Å²) in [5.41, 5.74) is 1.16. The van der Waals surface area contributed by atoms with E-state index in [9.17, 15) is 13.6 Å². The van der Waals surface area contributed by atoms with Crippen LogP contribution in [0.15, 0.2) is 49.1 Å². The molecule has 1 amide bonds. The minimum Gasteiger partial charge on any atom is -0.337 e. The maximum absolute atomic E-state index is 14.4. The molecule has 0 saturated carbocycles. The summed E-state index contributed by atoms with van der Waals surface area (Å²) in [6, 6.07) is 7.82. The number of rotatable bonds is 4. The zero-order chi connectivity index (χ0) is 24.5. The van der Waals surface area contributed by atoms with Gasteiger partial charge >= 0.3 is 0 Å². The van der Waals surface area contributed by atoms with Crippen molar-refractivity contribution in [2.75, 3.05) is 30.8 Å². The van der Waals surface area contributed by atoms with Crippen LogP contribution in [0.1, 0.15) is 18.9 Å². The van der Waals surface area contributed by atoms with Crippen molar-refractivity contribution in [3.05, 3.63) is 65.5 Å². The fourth-order valence-corrected chi connectivity index (χ4v) is 4.01. The van der Waals surface area contributed by atoms with Gasteiger partial charge in [-0.15, -0.1) is 0 Å². The molecule has 2 N–H and O–H groups in total. The molecule has 174 valence electrons. The normalized spacial score (nSPS) is 17.8. The Morgan fingerprint density at radius 2 is 2.09 bits per heavy atom. The van der Waals surface area contributed by atoms with Gasteiger partial charge in [0.05, 0.1) is 27.5 Å². The van der Waals surface area contributed by atoms with E-state index in [-0.39, 0.29) is 27.6 Å². The number of benzene rings is 2. The Balaban J connectivity index is 1.80. The molecule has 1 unspecified atom stereocenters. The van der Waals surface area contributed by atoms with E-state index in [4.69, 9.17) is 11.6 Å². The number of aromatic nitrogens is 2. The average molecular weight is 482 g/mol. The molecular weight excluding hydrogens is 460 g/mol. The number of likely N-dealkylation sites (tertiary alicyclic amines) is 1. The number of carbonyl (C=O) groups excluding carboxylic acids is 1. The van der Waals surface area contributed by atoms with Gasteiger partial charge in [0.15, 0.2) is 11.6 Å². The molecule has 34 heavy (non-hydrogen) atoms. The first-order chi connectivity index (χ1) is 16.1. The van der Waals surface area contributed by atoms with Gasteiger partial charge in [-0.25, -0.2) is 18.7 Å². The summed E-state index contributed by atoms with van der Waals surface area (Å²) in [6.07, 6.45) is 2.24. The molecule has 2 heterocycles. The van der Waals surface area contributed by atoms with Gasteiger partial charge < -0.3 is 15.5 Å². The molecule has 0 spiro atoms. The summed E-state index contributed by atoms with van der Waals surface area (Å²) in [4.78, 5) is 22.8. The van der Waals surface area contributed by atoms with Crippen LogP contribution in [0.4, 0.5) is 26.0 Å². The highest BCUT2D eigenvalue weighted by Crippen LogP contribution is 2.32. The molecule has 6 nitrogen and oxygen atoms in total. The highest BCUT2D eigenvalue weighted by atomic mass is 35.5. The van der Waals surface area contributed by atoms with Gasteiger partial charge in [-0.2, -0.15) is 0 Å². The second-order valence-corrected chi connectivity index (χ2v) is 8.93. The van der Waals surface area contributed by atoms with Gasteiger partial charge in [0.1, 0.15) is 12.1 Å². The molecule has 1 aliphatic rings. The lowest BCUT2D eigenvalue weighted by molar-refractivity contribution is -0.114. The SMILES string of the molecule is C=C(F)C(=O)Nc1cc2c(Nc3cccc(Cl)c3F)ncnc2cc1C#CC1(C)CCN(C)C1. The second kappa shape index (κ2) is 9.37. The number of nitrogens with one attached hydrogen (secondary N) is 2. The minimum absolute atomic E-state index is 0.0404. The monoisotopic (exact) mass is 481 g/mol. The summed E-state index contributed by atoms with van der Waals surface area (Å²) >= 11 is 5.88. The number of halogens is 3. The van der Waals surface area contributed by atoms with Crippen molar-refractivity contribution in [1.29, 1.82) is 0 Å². The lowest BCUT2D eigenvalue weighted by Gasteiger charge is -2.16. The van der Waals surface area contributed by atoms with Gasteiger partial charge in [-0.3, -0.25) is 4.79 Å². The molecule has 1 aliphatic heterocycles. The van der Waals surface area contributed by atoms with Gasteiger partial charge in [-0.1, -0.05) is 36.1 Å². The summed E-state index contributed by atoms with van der Waals surface area (Å²) < 4.78 is 27.9. The van der Waals surface area contributed by atoms with Gasteiger partial charge in [0, 0.05) is 17.3 Å². The molecule has 3 aromatic rings. The highest BCUT2D eigenvalue weighted by molar-refractivity contribution is 6.31. The Hall–Kier alpha value is -3.54. The zero-order valence-electron chi connectivity index (χ0n) is 18.7. The van der Waals surface area contributed by atoms with Crippen LogP contribution >= 0.6 is 11.6 Å². The predicted octanol–water partition coefficient (Wildman–Crippen LogP) is 5.28. The number of hydrogen-bond donors (Lipinski definition) is 2. The fraction of sp³-hybridized carbons (Fsp3) is 0.240. The van der Waals surface area contributed by atoms with E-state index in [1.165, 1.54) is 18.5 Å². The molecule has 1 fully saturated rings. The van der Waals surface area contributed by atoms with Crippen LogP contribution in [0.2, 0.25) is 5.02 Å². The molecule has 0 aliphatic carbocycles. The Morgan fingerprint density at radius 3 is 2.79 bits per heavy atom. The van der Waals surface area contributed by atoms with Crippen molar-refractivity contribution in [1.82, 2.24) is 14.9 Å². The van der Waals surface area contributed by atoms with E-state index in [2.05, 4.69) is 50.8 Å². The van der Waals surface area contributed by atoms with Crippen LogP contribution in [-0.4, -0.2) is 40.9 Å². The third kappa shape index (κ3) is 5.01. The lowest BCUT2D eigenvalue weighted by Crippen LogP contribution is -2.20. The Kier molecular flexibility index (Phi) is 6.51. The van der Waals surface area contributed by atoms with E-state index >= 15 is 0 Å². The Bertz CT molecular complexity index is 1370. The number of hydrogen-bond acceptors (Lipinski definition) is 5. The molecule has 0 bridgehead atoms. The van der Waals surface area contributed by atoms with Crippen LogP contribution < -0.4 is 10.6 Å². The fourth-order valence-electron chi connectivity index (χ4n) is 3.84. The van der Waals surface area contributed by atoms with Crippen LogP contribution in [0.3, 0.4) is 0 Å². The first kappa shape index (κ1) is 23.6. The lowest BCUT2D eigenvalue weighted by atomic mass is 9.90. The quantitative estimate of drug-likeness (QED) is 0.392. The largest absolute Gasteiger partial charge is 0.337 e. The summed E-state index contributed by atoms with van der Waals surface area (Å²) in [6.45, 7) is 6.89. The van der Waals surface area contributed by atoms with Gasteiger partial charge in [0.2, 0.25) is 0 Å². The molecule has 2 aromatic carbocycles. The number of fused-ring (bicyclic) bond motifs is 1. The maximum atomic E-state index is 14.4. The van der Waals surface area contributed by atoms with Crippen LogP contribution in [0.25, 0.3) is 10.9 Å². The topological polar surface area (TPSA) is 70.1 Å². The average Bonchev–Trinajstić information content (AvgIpc) is 3.14. The molecule has 1 aromatic heterocycles. The van der Waals surface area contributed by atoms with Crippen LogP contribution in [0, 0.1) is 23.1 Å². The minimum atomic E-state index is -1.13. The number of carbonyl (C=O) groups is 1. The second-order valence-electron chi connectivity index (χ2n) is 8.52. The van der Waals surface area contributed by atoms with E-state index in [0.29, 0.717) is 16.5 Å².